The maximum Gasteiger partial charge on any atom is 0.414 e. The van der Waals surface area contributed by atoms with Gasteiger partial charge in [0.2, 0.25) is 0 Å². The zero-order chi connectivity index (χ0) is 14.4. The molecule has 1 unspecified atom stereocenters. The third-order valence-corrected chi connectivity index (χ3v) is 5.43. The van der Waals surface area contributed by atoms with Crippen LogP contribution in [0.2, 0.25) is 0 Å². The van der Waals surface area contributed by atoms with Crippen molar-refractivity contribution < 1.29 is 9.53 Å². The third kappa shape index (κ3) is 2.22. The molecule has 1 aromatic rings. The first kappa shape index (κ1) is 13.1. The van der Waals surface area contributed by atoms with E-state index in [1.54, 1.807) is 4.90 Å². The van der Waals surface area contributed by atoms with Crippen molar-refractivity contribution in [2.75, 3.05) is 18.5 Å². The van der Waals surface area contributed by atoms with Gasteiger partial charge in [-0.1, -0.05) is 18.2 Å². The second-order valence-corrected chi connectivity index (χ2v) is 6.56. The summed E-state index contributed by atoms with van der Waals surface area (Å²) in [6, 6.07) is 9.34. The fraction of sp³-hybridized carbons (Fsp3) is 0.588. The van der Waals surface area contributed by atoms with Crippen LogP contribution in [0, 0.1) is 0 Å². The number of carbonyl (C=O) groups excluding carboxylic acids is 1. The molecule has 0 spiro atoms. The summed E-state index contributed by atoms with van der Waals surface area (Å²) in [4.78, 5) is 16.8. The van der Waals surface area contributed by atoms with E-state index in [0.717, 1.165) is 31.5 Å². The Hall–Kier alpha value is -1.55. The van der Waals surface area contributed by atoms with Crippen LogP contribution in [0.3, 0.4) is 0 Å². The van der Waals surface area contributed by atoms with Crippen molar-refractivity contribution in [3.8, 4) is 0 Å². The standard InChI is InChI=1S/C17H22N2O2/c1-18-13-6-7-14(18)11-15(10-13)21-17(20)19-9-8-12-4-2-3-5-16(12)19/h2-5,13-15H,6-11H2,1H3/t13-,14+,15?. The van der Waals surface area contributed by atoms with Crippen molar-refractivity contribution in [2.45, 2.75) is 50.3 Å². The summed E-state index contributed by atoms with van der Waals surface area (Å²) in [5, 5.41) is 0. The Bertz CT molecular complexity index is 545. The molecular formula is C17H22N2O2. The second kappa shape index (κ2) is 5.02. The molecule has 1 aromatic carbocycles. The molecule has 4 rings (SSSR count). The van der Waals surface area contributed by atoms with Gasteiger partial charge in [-0.2, -0.15) is 0 Å². The van der Waals surface area contributed by atoms with Crippen LogP contribution >= 0.6 is 0 Å². The lowest BCUT2D eigenvalue weighted by atomic mass is 10.0. The minimum atomic E-state index is -0.158. The van der Waals surface area contributed by atoms with Crippen molar-refractivity contribution >= 4 is 11.8 Å². The summed E-state index contributed by atoms with van der Waals surface area (Å²) in [7, 11) is 2.21. The van der Waals surface area contributed by atoms with E-state index < -0.39 is 0 Å². The first-order chi connectivity index (χ1) is 10.2. The lowest BCUT2D eigenvalue weighted by Crippen LogP contribution is -2.44. The second-order valence-electron chi connectivity index (χ2n) is 6.56. The zero-order valence-electron chi connectivity index (χ0n) is 12.5. The highest BCUT2D eigenvalue weighted by Crippen LogP contribution is 2.36. The van der Waals surface area contributed by atoms with Crippen LogP contribution < -0.4 is 4.90 Å². The van der Waals surface area contributed by atoms with Crippen LogP contribution in [0.5, 0.6) is 0 Å². The van der Waals surface area contributed by atoms with Crippen LogP contribution in [-0.4, -0.2) is 42.8 Å². The number of piperidine rings is 1. The Morgan fingerprint density at radius 1 is 1.19 bits per heavy atom. The number of hydrogen-bond donors (Lipinski definition) is 0. The van der Waals surface area contributed by atoms with Crippen molar-refractivity contribution in [1.29, 1.82) is 0 Å². The molecule has 0 aromatic heterocycles. The number of ether oxygens (including phenoxy) is 1. The van der Waals surface area contributed by atoms with Crippen LogP contribution in [0.15, 0.2) is 24.3 Å². The molecule has 0 N–H and O–H groups in total. The van der Waals surface area contributed by atoms with Crippen LogP contribution in [0.4, 0.5) is 10.5 Å². The molecule has 0 radical (unpaired) electrons. The molecule has 4 nitrogen and oxygen atoms in total. The molecule has 3 aliphatic rings. The minimum Gasteiger partial charge on any atom is -0.446 e. The number of para-hydroxylation sites is 1. The summed E-state index contributed by atoms with van der Waals surface area (Å²) in [5.74, 6) is 0. The van der Waals surface area contributed by atoms with E-state index >= 15 is 0 Å². The lowest BCUT2D eigenvalue weighted by molar-refractivity contribution is 0.0318. The minimum absolute atomic E-state index is 0.0963. The van der Waals surface area contributed by atoms with E-state index in [4.69, 9.17) is 4.74 Å². The zero-order valence-corrected chi connectivity index (χ0v) is 12.5. The summed E-state index contributed by atoms with van der Waals surface area (Å²) < 4.78 is 5.82. The van der Waals surface area contributed by atoms with E-state index in [2.05, 4.69) is 18.0 Å². The number of hydrogen-bond acceptors (Lipinski definition) is 3. The van der Waals surface area contributed by atoms with Gasteiger partial charge >= 0.3 is 6.09 Å². The van der Waals surface area contributed by atoms with Gasteiger partial charge in [0.1, 0.15) is 6.10 Å². The molecule has 2 bridgehead atoms. The SMILES string of the molecule is CN1[C@@H]2CC[C@H]1CC(OC(=O)N1CCc3ccccc31)C2. The van der Waals surface area contributed by atoms with Gasteiger partial charge in [-0.3, -0.25) is 4.90 Å². The smallest absolute Gasteiger partial charge is 0.414 e. The van der Waals surface area contributed by atoms with Gasteiger partial charge in [0.25, 0.3) is 0 Å². The Balaban J connectivity index is 1.43. The van der Waals surface area contributed by atoms with Crippen LogP contribution in [0.25, 0.3) is 0 Å². The Kier molecular flexibility index (Phi) is 3.14. The molecule has 112 valence electrons. The first-order valence-corrected chi connectivity index (χ1v) is 8.00. The predicted octanol–water partition coefficient (Wildman–Crippen LogP) is 2.81. The fourth-order valence-electron chi connectivity index (χ4n) is 4.19. The highest BCUT2D eigenvalue weighted by Gasteiger charge is 2.40. The molecule has 3 atom stereocenters. The van der Waals surface area contributed by atoms with Crippen LogP contribution in [-0.2, 0) is 11.2 Å². The molecular weight excluding hydrogens is 264 g/mol. The molecule has 0 aliphatic carbocycles. The summed E-state index contributed by atoms with van der Waals surface area (Å²) in [5.41, 5.74) is 2.27. The lowest BCUT2D eigenvalue weighted by Gasteiger charge is -2.36. The number of nitrogens with zero attached hydrogens (tertiary/aromatic N) is 2. The highest BCUT2D eigenvalue weighted by molar-refractivity contribution is 5.90. The number of benzene rings is 1. The molecule has 3 aliphatic heterocycles. The molecule has 2 fully saturated rings. The number of carbonyl (C=O) groups is 1. The van der Waals surface area contributed by atoms with Gasteiger partial charge in [0.15, 0.2) is 0 Å². The van der Waals surface area contributed by atoms with Gasteiger partial charge in [0, 0.05) is 31.5 Å². The van der Waals surface area contributed by atoms with E-state index in [-0.39, 0.29) is 12.2 Å². The molecule has 21 heavy (non-hydrogen) atoms. The number of anilines is 1. The van der Waals surface area contributed by atoms with Gasteiger partial charge in [-0.25, -0.2) is 4.79 Å². The first-order valence-electron chi connectivity index (χ1n) is 8.00. The Morgan fingerprint density at radius 2 is 1.90 bits per heavy atom. The maximum absolute atomic E-state index is 12.5. The van der Waals surface area contributed by atoms with Crippen molar-refractivity contribution in [1.82, 2.24) is 4.90 Å². The predicted molar refractivity (Wildman–Crippen MR) is 81.6 cm³/mol. The van der Waals surface area contributed by atoms with Crippen molar-refractivity contribution in [3.05, 3.63) is 29.8 Å². The molecule has 4 heteroatoms. The molecule has 0 saturated carbocycles. The largest absolute Gasteiger partial charge is 0.446 e. The van der Waals surface area contributed by atoms with Crippen molar-refractivity contribution in [3.63, 3.8) is 0 Å². The number of fused-ring (bicyclic) bond motifs is 3. The quantitative estimate of drug-likeness (QED) is 0.796. The third-order valence-electron chi connectivity index (χ3n) is 5.43. The highest BCUT2D eigenvalue weighted by atomic mass is 16.6. The van der Waals surface area contributed by atoms with E-state index in [1.165, 1.54) is 18.4 Å². The van der Waals surface area contributed by atoms with E-state index in [0.29, 0.717) is 12.1 Å². The Labute approximate surface area is 125 Å². The van der Waals surface area contributed by atoms with Crippen LogP contribution in [0.1, 0.15) is 31.2 Å². The van der Waals surface area contributed by atoms with Gasteiger partial charge < -0.3 is 9.64 Å². The topological polar surface area (TPSA) is 32.8 Å². The maximum atomic E-state index is 12.5. The van der Waals surface area contributed by atoms with Gasteiger partial charge in [-0.05, 0) is 37.9 Å². The normalized spacial score (nSPS) is 31.3. The van der Waals surface area contributed by atoms with Crippen molar-refractivity contribution in [2.24, 2.45) is 0 Å². The average molecular weight is 286 g/mol. The molecule has 3 heterocycles. The Morgan fingerprint density at radius 3 is 2.67 bits per heavy atom. The van der Waals surface area contributed by atoms with E-state index in [1.807, 2.05) is 18.2 Å². The summed E-state index contributed by atoms with van der Waals surface area (Å²) >= 11 is 0. The molecule has 2 saturated heterocycles. The summed E-state index contributed by atoms with van der Waals surface area (Å²) in [6.07, 6.45) is 5.36. The van der Waals surface area contributed by atoms with Gasteiger partial charge in [-0.15, -0.1) is 0 Å². The number of rotatable bonds is 1. The number of amides is 1. The fourth-order valence-corrected chi connectivity index (χ4v) is 4.19. The molecule has 1 amide bonds. The summed E-state index contributed by atoms with van der Waals surface area (Å²) in [6.45, 7) is 0.748. The van der Waals surface area contributed by atoms with Gasteiger partial charge in [0.05, 0.1) is 5.69 Å². The monoisotopic (exact) mass is 286 g/mol. The average Bonchev–Trinajstić information content (AvgIpc) is 2.98. The van der Waals surface area contributed by atoms with E-state index in [9.17, 15) is 4.79 Å².